The van der Waals surface area contributed by atoms with Crippen molar-refractivity contribution in [2.24, 2.45) is 5.92 Å². The molecular formula is C6H14AlCl3. The fourth-order valence-corrected chi connectivity index (χ4v) is 0.289. The first-order chi connectivity index (χ1) is 4.54. The lowest BCUT2D eigenvalue weighted by atomic mass is 10.1. The molecule has 0 aromatic rings. The van der Waals surface area contributed by atoms with Crippen LogP contribution in [0.4, 0.5) is 0 Å². The molecule has 10 heavy (non-hydrogen) atoms. The van der Waals surface area contributed by atoms with E-state index in [1.165, 1.54) is 12.8 Å². The third-order valence-electron chi connectivity index (χ3n) is 1.39. The molecule has 0 rings (SSSR count). The van der Waals surface area contributed by atoms with Gasteiger partial charge in [0.25, 0.3) is 0 Å². The summed E-state index contributed by atoms with van der Waals surface area (Å²) < 4.78 is 0. The van der Waals surface area contributed by atoms with Crippen LogP contribution in [0.5, 0.6) is 0 Å². The van der Waals surface area contributed by atoms with E-state index in [-0.39, 0.29) is 0 Å². The topological polar surface area (TPSA) is 0 Å². The first-order valence-corrected chi connectivity index (χ1v) is 8.70. The maximum Gasteiger partial charge on any atom is 0.643 e. The van der Waals surface area contributed by atoms with Gasteiger partial charge in [0, 0.05) is 0 Å². The molecule has 0 bridgehead atoms. The molecular weight excluding hydrogens is 205 g/mol. The first-order valence-electron chi connectivity index (χ1n) is 3.46. The number of hydrogen-bond donors (Lipinski definition) is 0. The van der Waals surface area contributed by atoms with Gasteiger partial charge in [0.2, 0.25) is 0 Å². The molecule has 0 fully saturated rings. The molecule has 0 nitrogen and oxygen atoms in total. The summed E-state index contributed by atoms with van der Waals surface area (Å²) in [6.45, 7) is 6.74. The van der Waals surface area contributed by atoms with Gasteiger partial charge in [-0.2, -0.15) is 0 Å². The van der Waals surface area contributed by atoms with Gasteiger partial charge in [-0.1, -0.05) is 33.6 Å². The lowest BCUT2D eigenvalue weighted by molar-refractivity contribution is 0.544. The van der Waals surface area contributed by atoms with Crippen molar-refractivity contribution in [1.29, 1.82) is 0 Å². The van der Waals surface area contributed by atoms with Crippen LogP contribution in [0.3, 0.4) is 0 Å². The molecule has 0 saturated carbocycles. The highest BCUT2D eigenvalue weighted by molar-refractivity contribution is 7.54. The van der Waals surface area contributed by atoms with Crippen molar-refractivity contribution in [1.82, 2.24) is 0 Å². The molecule has 0 saturated heterocycles. The lowest BCUT2D eigenvalue weighted by Crippen LogP contribution is -1.85. The minimum atomic E-state index is -1.72. The fourth-order valence-electron chi connectivity index (χ4n) is 0.289. The van der Waals surface area contributed by atoms with Gasteiger partial charge in [0.15, 0.2) is 0 Å². The highest BCUT2D eigenvalue weighted by Gasteiger charge is 2.00. The van der Waals surface area contributed by atoms with Crippen LogP contribution in [-0.2, 0) is 0 Å². The summed E-state index contributed by atoms with van der Waals surface area (Å²) in [5.41, 5.74) is 0. The zero-order valence-electron chi connectivity index (χ0n) is 6.70. The first kappa shape index (κ1) is 14.0. The minimum absolute atomic E-state index is 0.935. The molecule has 4 heteroatoms. The number of hydrogen-bond acceptors (Lipinski definition) is 0. The van der Waals surface area contributed by atoms with Gasteiger partial charge in [-0.3, -0.25) is 0 Å². The number of rotatable bonds is 2. The molecule has 0 aliphatic heterocycles. The molecule has 0 radical (unpaired) electrons. The molecule has 0 aromatic carbocycles. The Balaban J connectivity index is 0. The Morgan fingerprint density at radius 2 is 1.30 bits per heavy atom. The highest BCUT2D eigenvalue weighted by atomic mass is 35.8. The maximum atomic E-state index is 4.94. The standard InChI is InChI=1S/C6H14.Al.3ClH/c1-4-6(3)5-2;;;;/h6H,4-5H2,1-3H3;;3*1H/q;+3;;;/p-3. The van der Waals surface area contributed by atoms with E-state index < -0.39 is 11.4 Å². The molecule has 0 unspecified atom stereocenters. The van der Waals surface area contributed by atoms with Crippen LogP contribution in [0.1, 0.15) is 33.6 Å². The third-order valence-corrected chi connectivity index (χ3v) is 1.39. The second-order valence-electron chi connectivity index (χ2n) is 2.17. The Bertz CT molecular complexity index is 52.2. The largest absolute Gasteiger partial charge is 0.643 e. The Morgan fingerprint density at radius 1 is 1.10 bits per heavy atom. The van der Waals surface area contributed by atoms with Gasteiger partial charge in [-0.25, -0.2) is 30.1 Å². The van der Waals surface area contributed by atoms with E-state index >= 15 is 0 Å². The summed E-state index contributed by atoms with van der Waals surface area (Å²) in [6, 6.07) is 0. The summed E-state index contributed by atoms with van der Waals surface area (Å²) >= 11 is -1.72. The summed E-state index contributed by atoms with van der Waals surface area (Å²) in [7, 11) is 14.8. The second kappa shape index (κ2) is 10.4. The Morgan fingerprint density at radius 3 is 1.30 bits per heavy atom. The van der Waals surface area contributed by atoms with Crippen LogP contribution in [0.25, 0.3) is 0 Å². The van der Waals surface area contributed by atoms with Crippen molar-refractivity contribution < 1.29 is 0 Å². The Kier molecular flexibility index (Phi) is 14.5. The molecule has 0 heterocycles. The fraction of sp³-hybridized carbons (Fsp3) is 1.00. The lowest BCUT2D eigenvalue weighted by Gasteiger charge is -1.98. The predicted octanol–water partition coefficient (Wildman–Crippen LogP) is 4.13. The van der Waals surface area contributed by atoms with E-state index in [9.17, 15) is 0 Å². The van der Waals surface area contributed by atoms with Gasteiger partial charge >= 0.3 is 11.4 Å². The molecule has 0 spiro atoms. The monoisotopic (exact) mass is 218 g/mol. The van der Waals surface area contributed by atoms with Crippen LogP contribution >= 0.6 is 30.1 Å². The van der Waals surface area contributed by atoms with E-state index in [0.717, 1.165) is 5.92 Å². The summed E-state index contributed by atoms with van der Waals surface area (Å²) in [6.07, 6.45) is 2.66. The number of halogens is 3. The highest BCUT2D eigenvalue weighted by Crippen LogP contribution is 2.02. The zero-order chi connectivity index (χ0) is 8.57. The van der Waals surface area contributed by atoms with E-state index in [4.69, 9.17) is 30.1 Å². The van der Waals surface area contributed by atoms with Crippen LogP contribution in [-0.4, -0.2) is 11.4 Å². The Hall–Kier alpha value is 1.40. The van der Waals surface area contributed by atoms with Crippen LogP contribution in [0, 0.1) is 5.92 Å². The van der Waals surface area contributed by atoms with Gasteiger partial charge < -0.3 is 0 Å². The van der Waals surface area contributed by atoms with Gasteiger partial charge in [0.05, 0.1) is 0 Å². The SMILES string of the molecule is CCC(C)CC.[Cl][Al]([Cl])[Cl]. The predicted molar refractivity (Wildman–Crippen MR) is 53.1 cm³/mol. The van der Waals surface area contributed by atoms with Crippen molar-refractivity contribution in [3.05, 3.63) is 0 Å². The van der Waals surface area contributed by atoms with Gasteiger partial charge in [0.1, 0.15) is 0 Å². The van der Waals surface area contributed by atoms with Crippen LogP contribution in [0.2, 0.25) is 0 Å². The molecule has 0 amide bonds. The average molecular weight is 220 g/mol. The van der Waals surface area contributed by atoms with Crippen molar-refractivity contribution in [2.75, 3.05) is 0 Å². The summed E-state index contributed by atoms with van der Waals surface area (Å²) in [5.74, 6) is 0.935. The van der Waals surface area contributed by atoms with Crippen LogP contribution in [0.15, 0.2) is 0 Å². The van der Waals surface area contributed by atoms with Crippen LogP contribution < -0.4 is 0 Å². The van der Waals surface area contributed by atoms with Crippen molar-refractivity contribution >= 4 is 41.5 Å². The zero-order valence-corrected chi connectivity index (χ0v) is 10.1. The molecule has 62 valence electrons. The molecule has 0 aliphatic rings. The third kappa shape index (κ3) is 22.7. The normalized spacial score (nSPS) is 8.70. The molecule has 0 atom stereocenters. The smallest absolute Gasteiger partial charge is 0.214 e. The van der Waals surface area contributed by atoms with Crippen molar-refractivity contribution in [3.8, 4) is 0 Å². The van der Waals surface area contributed by atoms with Gasteiger partial charge in [-0.15, -0.1) is 0 Å². The summed E-state index contributed by atoms with van der Waals surface area (Å²) in [4.78, 5) is 0. The van der Waals surface area contributed by atoms with Gasteiger partial charge in [-0.05, 0) is 5.92 Å². The quantitative estimate of drug-likeness (QED) is 0.613. The van der Waals surface area contributed by atoms with E-state index in [1.807, 2.05) is 0 Å². The summed E-state index contributed by atoms with van der Waals surface area (Å²) in [5, 5.41) is 0. The Labute approximate surface area is 80.8 Å². The second-order valence-corrected chi connectivity index (χ2v) is 8.60. The minimum Gasteiger partial charge on any atom is -0.214 e. The molecule has 0 aliphatic carbocycles. The van der Waals surface area contributed by atoms with E-state index in [1.54, 1.807) is 0 Å². The van der Waals surface area contributed by atoms with E-state index in [0.29, 0.717) is 0 Å². The van der Waals surface area contributed by atoms with Crippen molar-refractivity contribution in [3.63, 3.8) is 0 Å². The van der Waals surface area contributed by atoms with E-state index in [2.05, 4.69) is 20.8 Å². The average Bonchev–Trinajstić information content (AvgIpc) is 1.85. The molecule has 0 N–H and O–H groups in total. The van der Waals surface area contributed by atoms with Crippen molar-refractivity contribution in [2.45, 2.75) is 33.6 Å². The maximum absolute atomic E-state index is 4.94. The molecule has 0 aromatic heterocycles.